The van der Waals surface area contributed by atoms with Crippen LogP contribution < -0.4 is 0 Å². The van der Waals surface area contributed by atoms with Gasteiger partial charge in [-0.3, -0.25) is 9.59 Å². The third-order valence-corrected chi connectivity index (χ3v) is 6.02. The van der Waals surface area contributed by atoms with Crippen molar-refractivity contribution in [3.8, 4) is 0 Å². The van der Waals surface area contributed by atoms with Crippen LogP contribution in [-0.4, -0.2) is 41.2 Å². The highest BCUT2D eigenvalue weighted by Gasteiger charge is 2.32. The predicted molar refractivity (Wildman–Crippen MR) is 103 cm³/mol. The van der Waals surface area contributed by atoms with Gasteiger partial charge >= 0.3 is 0 Å². The molecule has 1 saturated carbocycles. The van der Waals surface area contributed by atoms with Gasteiger partial charge in [-0.2, -0.15) is 0 Å². The highest BCUT2D eigenvalue weighted by Crippen LogP contribution is 2.28. The van der Waals surface area contributed by atoms with Gasteiger partial charge in [-0.15, -0.1) is 0 Å². The van der Waals surface area contributed by atoms with E-state index in [1.807, 2.05) is 34.9 Å². The Kier molecular flexibility index (Phi) is 6.70. The van der Waals surface area contributed by atoms with E-state index in [0.29, 0.717) is 12.5 Å². The van der Waals surface area contributed by atoms with Gasteiger partial charge in [0.1, 0.15) is 0 Å². The second kappa shape index (κ2) is 9.20. The normalized spacial score (nSPS) is 19.3. The summed E-state index contributed by atoms with van der Waals surface area (Å²) in [6.07, 6.45) is 7.38. The lowest BCUT2D eigenvalue weighted by atomic mass is 9.87. The van der Waals surface area contributed by atoms with Crippen molar-refractivity contribution in [2.24, 2.45) is 11.8 Å². The number of nitrogens with zero attached hydrogens (tertiary/aromatic N) is 2. The molecule has 0 atom stereocenters. The number of hydrogen-bond donors (Lipinski definition) is 0. The van der Waals surface area contributed by atoms with Crippen molar-refractivity contribution in [2.75, 3.05) is 19.6 Å². The van der Waals surface area contributed by atoms with Gasteiger partial charge in [-0.05, 0) is 38.2 Å². The first-order chi connectivity index (χ1) is 12.7. The van der Waals surface area contributed by atoms with Crippen LogP contribution >= 0.6 is 0 Å². The molecule has 2 fully saturated rings. The number of hydrogen-bond acceptors (Lipinski definition) is 2. The Balaban J connectivity index is 1.51. The van der Waals surface area contributed by atoms with E-state index in [2.05, 4.69) is 12.1 Å². The summed E-state index contributed by atoms with van der Waals surface area (Å²) in [5.41, 5.74) is 1.17. The first-order valence-electron chi connectivity index (χ1n) is 10.3. The monoisotopic (exact) mass is 356 g/mol. The van der Waals surface area contributed by atoms with Crippen LogP contribution in [0.4, 0.5) is 0 Å². The molecule has 1 aromatic carbocycles. The van der Waals surface area contributed by atoms with Crippen LogP contribution in [-0.2, 0) is 16.1 Å². The third-order valence-electron chi connectivity index (χ3n) is 6.02. The molecule has 0 N–H and O–H groups in total. The van der Waals surface area contributed by atoms with Crippen molar-refractivity contribution in [3.05, 3.63) is 35.9 Å². The lowest BCUT2D eigenvalue weighted by molar-refractivity contribution is -0.143. The van der Waals surface area contributed by atoms with Crippen LogP contribution in [0.25, 0.3) is 0 Å². The first-order valence-corrected chi connectivity index (χ1v) is 10.3. The number of likely N-dealkylation sites (tertiary alicyclic amines) is 1. The van der Waals surface area contributed by atoms with Gasteiger partial charge in [-0.1, -0.05) is 49.6 Å². The lowest BCUT2D eigenvalue weighted by Gasteiger charge is -2.36. The lowest BCUT2D eigenvalue weighted by Crippen LogP contribution is -2.46. The molecule has 1 aromatic rings. The topological polar surface area (TPSA) is 40.6 Å². The molecule has 0 aromatic heterocycles. The molecule has 3 rings (SSSR count). The molecule has 1 saturated heterocycles. The van der Waals surface area contributed by atoms with Crippen molar-refractivity contribution in [3.63, 3.8) is 0 Å². The molecule has 4 nitrogen and oxygen atoms in total. The van der Waals surface area contributed by atoms with Crippen molar-refractivity contribution in [2.45, 2.75) is 58.4 Å². The fourth-order valence-corrected chi connectivity index (χ4v) is 4.36. The van der Waals surface area contributed by atoms with Crippen LogP contribution in [0.5, 0.6) is 0 Å². The zero-order valence-electron chi connectivity index (χ0n) is 16.0. The quantitative estimate of drug-likeness (QED) is 0.804. The molecule has 4 heteroatoms. The molecule has 1 heterocycles. The average Bonchev–Trinajstić information content (AvgIpc) is 2.72. The SMILES string of the molecule is CCN(Cc1ccccc1)C(=O)C1CCN(C(=O)C2CCCCC2)CC1. The Labute approximate surface area is 157 Å². The second-order valence-corrected chi connectivity index (χ2v) is 7.77. The van der Waals surface area contributed by atoms with E-state index in [-0.39, 0.29) is 17.7 Å². The maximum atomic E-state index is 12.9. The third kappa shape index (κ3) is 4.66. The largest absolute Gasteiger partial charge is 0.342 e. The maximum Gasteiger partial charge on any atom is 0.226 e. The summed E-state index contributed by atoms with van der Waals surface area (Å²) in [5.74, 6) is 0.892. The number of amides is 2. The molecular formula is C22H32N2O2. The Morgan fingerprint density at radius 3 is 2.23 bits per heavy atom. The average molecular weight is 357 g/mol. The van der Waals surface area contributed by atoms with Crippen molar-refractivity contribution >= 4 is 11.8 Å². The zero-order valence-corrected chi connectivity index (χ0v) is 16.0. The van der Waals surface area contributed by atoms with Gasteiger partial charge in [0.25, 0.3) is 0 Å². The Morgan fingerprint density at radius 2 is 1.62 bits per heavy atom. The van der Waals surface area contributed by atoms with Gasteiger partial charge in [0.2, 0.25) is 11.8 Å². The predicted octanol–water partition coefficient (Wildman–Crippen LogP) is 3.85. The molecule has 1 aliphatic heterocycles. The maximum absolute atomic E-state index is 12.9. The minimum atomic E-state index is 0.0640. The van der Waals surface area contributed by atoms with E-state index in [0.717, 1.165) is 45.3 Å². The number of benzene rings is 1. The molecule has 26 heavy (non-hydrogen) atoms. The summed E-state index contributed by atoms with van der Waals surface area (Å²) >= 11 is 0. The smallest absolute Gasteiger partial charge is 0.226 e. The van der Waals surface area contributed by atoms with E-state index >= 15 is 0 Å². The zero-order chi connectivity index (χ0) is 18.4. The van der Waals surface area contributed by atoms with Gasteiger partial charge in [0.05, 0.1) is 0 Å². The van der Waals surface area contributed by atoms with Crippen LogP contribution in [0.2, 0.25) is 0 Å². The summed E-state index contributed by atoms with van der Waals surface area (Å²) in [6, 6.07) is 10.2. The highest BCUT2D eigenvalue weighted by molar-refractivity contribution is 5.81. The van der Waals surface area contributed by atoms with Gasteiger partial charge in [0, 0.05) is 38.0 Å². The van der Waals surface area contributed by atoms with Gasteiger partial charge in [0.15, 0.2) is 0 Å². The summed E-state index contributed by atoms with van der Waals surface area (Å²) in [6.45, 7) is 4.94. The fourth-order valence-electron chi connectivity index (χ4n) is 4.36. The van der Waals surface area contributed by atoms with E-state index in [4.69, 9.17) is 0 Å². The Bertz CT molecular complexity index is 587. The summed E-state index contributed by atoms with van der Waals surface area (Å²) in [7, 11) is 0. The highest BCUT2D eigenvalue weighted by atomic mass is 16.2. The molecular weight excluding hydrogens is 324 g/mol. The van der Waals surface area contributed by atoms with Gasteiger partial charge < -0.3 is 9.80 Å². The van der Waals surface area contributed by atoms with Crippen molar-refractivity contribution in [1.29, 1.82) is 0 Å². The second-order valence-electron chi connectivity index (χ2n) is 7.77. The molecule has 0 bridgehead atoms. The summed E-state index contributed by atoms with van der Waals surface area (Å²) in [4.78, 5) is 29.6. The Hall–Kier alpha value is -1.84. The van der Waals surface area contributed by atoms with Crippen molar-refractivity contribution in [1.82, 2.24) is 9.80 Å². The minimum Gasteiger partial charge on any atom is -0.342 e. The van der Waals surface area contributed by atoms with E-state index in [1.165, 1.54) is 24.8 Å². The fraction of sp³-hybridized carbons (Fsp3) is 0.636. The Morgan fingerprint density at radius 1 is 0.962 bits per heavy atom. The molecule has 0 spiro atoms. The van der Waals surface area contributed by atoms with E-state index in [1.54, 1.807) is 0 Å². The molecule has 0 unspecified atom stereocenters. The molecule has 2 aliphatic rings. The number of carbonyl (C=O) groups excluding carboxylic acids is 2. The summed E-state index contributed by atoms with van der Waals surface area (Å²) < 4.78 is 0. The number of piperidine rings is 1. The molecule has 2 amide bonds. The number of carbonyl (C=O) groups is 2. The van der Waals surface area contributed by atoms with Crippen LogP contribution in [0.1, 0.15) is 57.4 Å². The van der Waals surface area contributed by atoms with Crippen molar-refractivity contribution < 1.29 is 9.59 Å². The van der Waals surface area contributed by atoms with Crippen LogP contribution in [0.3, 0.4) is 0 Å². The molecule has 1 aliphatic carbocycles. The standard InChI is InChI=1S/C22H32N2O2/c1-2-23(17-18-9-5-3-6-10-18)21(25)20-13-15-24(16-14-20)22(26)19-11-7-4-8-12-19/h3,5-6,9-10,19-20H,2,4,7-8,11-17H2,1H3. The van der Waals surface area contributed by atoms with E-state index in [9.17, 15) is 9.59 Å². The molecule has 142 valence electrons. The minimum absolute atomic E-state index is 0.0640. The molecule has 0 radical (unpaired) electrons. The first kappa shape index (κ1) is 18.9. The van der Waals surface area contributed by atoms with E-state index < -0.39 is 0 Å². The summed E-state index contributed by atoms with van der Waals surface area (Å²) in [5, 5.41) is 0. The van der Waals surface area contributed by atoms with Gasteiger partial charge in [-0.25, -0.2) is 0 Å². The van der Waals surface area contributed by atoms with Crippen LogP contribution in [0.15, 0.2) is 30.3 Å². The number of rotatable bonds is 5. The van der Waals surface area contributed by atoms with Crippen LogP contribution in [0, 0.1) is 11.8 Å².